The summed E-state index contributed by atoms with van der Waals surface area (Å²) < 4.78 is 5.19. The average Bonchev–Trinajstić information content (AvgIpc) is 3.08. The second-order valence-electron chi connectivity index (χ2n) is 5.42. The number of para-hydroxylation sites is 1. The molecule has 0 bridgehead atoms. The van der Waals surface area contributed by atoms with Gasteiger partial charge in [0.2, 0.25) is 5.91 Å². The van der Waals surface area contributed by atoms with Crippen LogP contribution in [-0.4, -0.2) is 29.1 Å². The minimum Gasteiger partial charge on any atom is -0.334 e. The first-order chi connectivity index (χ1) is 10.1. The summed E-state index contributed by atoms with van der Waals surface area (Å²) in [5.74, 6) is 1.34. The molecule has 2 aromatic rings. The van der Waals surface area contributed by atoms with Crippen molar-refractivity contribution in [1.29, 1.82) is 0 Å². The van der Waals surface area contributed by atoms with E-state index < -0.39 is 0 Å². The van der Waals surface area contributed by atoms with Crippen LogP contribution in [0.5, 0.6) is 0 Å². The molecule has 0 saturated carbocycles. The summed E-state index contributed by atoms with van der Waals surface area (Å²) >= 11 is 0. The van der Waals surface area contributed by atoms with Gasteiger partial charge >= 0.3 is 0 Å². The van der Waals surface area contributed by atoms with E-state index in [2.05, 4.69) is 27.7 Å². The molecule has 1 amide bonds. The van der Waals surface area contributed by atoms with Crippen LogP contribution >= 0.6 is 0 Å². The highest BCUT2D eigenvalue weighted by atomic mass is 16.5. The van der Waals surface area contributed by atoms with Gasteiger partial charge in [0.15, 0.2) is 5.82 Å². The van der Waals surface area contributed by atoms with Gasteiger partial charge in [-0.05, 0) is 31.5 Å². The fourth-order valence-electron chi connectivity index (χ4n) is 2.57. The maximum atomic E-state index is 12.4. The largest absolute Gasteiger partial charge is 0.334 e. The third kappa shape index (κ3) is 2.80. The summed E-state index contributed by atoms with van der Waals surface area (Å²) in [6, 6.07) is 7.46. The summed E-state index contributed by atoms with van der Waals surface area (Å²) in [6.45, 7) is 5.44. The predicted molar refractivity (Wildman–Crippen MR) is 78.6 cm³/mol. The molecule has 2 unspecified atom stereocenters. The van der Waals surface area contributed by atoms with Crippen molar-refractivity contribution in [3.05, 3.63) is 30.1 Å². The number of amides is 1. The van der Waals surface area contributed by atoms with Crippen LogP contribution in [-0.2, 0) is 4.79 Å². The first-order valence-corrected chi connectivity index (χ1v) is 7.06. The van der Waals surface area contributed by atoms with Gasteiger partial charge in [-0.3, -0.25) is 4.79 Å². The first kappa shape index (κ1) is 13.8. The molecular formula is C15H18N4O2. The van der Waals surface area contributed by atoms with Crippen molar-refractivity contribution in [2.24, 2.45) is 11.8 Å². The Morgan fingerprint density at radius 3 is 2.86 bits per heavy atom. The topological polar surface area (TPSA) is 80.0 Å². The fourth-order valence-corrected chi connectivity index (χ4v) is 2.57. The van der Waals surface area contributed by atoms with Crippen LogP contribution in [0.25, 0.3) is 11.5 Å². The average molecular weight is 286 g/mol. The smallest absolute Gasteiger partial charge is 0.260 e. The Morgan fingerprint density at radius 2 is 2.19 bits per heavy atom. The molecule has 2 N–H and O–H groups in total. The number of carbonyl (C=O) groups is 1. The van der Waals surface area contributed by atoms with Crippen molar-refractivity contribution in [3.63, 3.8) is 0 Å². The van der Waals surface area contributed by atoms with Gasteiger partial charge in [0.25, 0.3) is 5.89 Å². The van der Waals surface area contributed by atoms with E-state index in [1.54, 1.807) is 6.92 Å². The molecule has 2 atom stereocenters. The fraction of sp³-hybridized carbons (Fsp3) is 0.400. The minimum atomic E-state index is -0.0116. The lowest BCUT2D eigenvalue weighted by Gasteiger charge is -2.15. The lowest BCUT2D eigenvalue weighted by Crippen LogP contribution is -2.28. The Labute approximate surface area is 122 Å². The van der Waals surface area contributed by atoms with E-state index >= 15 is 0 Å². The van der Waals surface area contributed by atoms with Crippen molar-refractivity contribution in [2.45, 2.75) is 13.8 Å². The van der Waals surface area contributed by atoms with Crippen molar-refractivity contribution in [1.82, 2.24) is 15.5 Å². The van der Waals surface area contributed by atoms with E-state index in [-0.39, 0.29) is 11.8 Å². The van der Waals surface area contributed by atoms with Gasteiger partial charge in [0.1, 0.15) is 0 Å². The number of hydrogen-bond donors (Lipinski definition) is 2. The van der Waals surface area contributed by atoms with Gasteiger partial charge in [0, 0.05) is 6.54 Å². The van der Waals surface area contributed by atoms with Gasteiger partial charge in [-0.25, -0.2) is 0 Å². The summed E-state index contributed by atoms with van der Waals surface area (Å²) in [7, 11) is 0. The summed E-state index contributed by atoms with van der Waals surface area (Å²) in [4.78, 5) is 16.6. The van der Waals surface area contributed by atoms with E-state index in [1.165, 1.54) is 0 Å². The lowest BCUT2D eigenvalue weighted by atomic mass is 9.97. The number of anilines is 1. The van der Waals surface area contributed by atoms with Crippen LogP contribution in [0.2, 0.25) is 0 Å². The van der Waals surface area contributed by atoms with Crippen LogP contribution in [0.4, 0.5) is 5.69 Å². The van der Waals surface area contributed by atoms with Crippen molar-refractivity contribution >= 4 is 11.6 Å². The van der Waals surface area contributed by atoms with Crippen LogP contribution in [0, 0.1) is 18.8 Å². The lowest BCUT2D eigenvalue weighted by molar-refractivity contribution is -0.120. The summed E-state index contributed by atoms with van der Waals surface area (Å²) in [6.07, 6.45) is 0. The highest BCUT2D eigenvalue weighted by molar-refractivity contribution is 5.96. The monoisotopic (exact) mass is 286 g/mol. The van der Waals surface area contributed by atoms with Gasteiger partial charge in [-0.15, -0.1) is 0 Å². The number of benzene rings is 1. The van der Waals surface area contributed by atoms with Crippen LogP contribution < -0.4 is 10.6 Å². The SMILES string of the molecule is Cc1noc(-c2ccccc2NC(=O)C2CNCC2C)n1. The molecule has 1 aliphatic rings. The van der Waals surface area contributed by atoms with Gasteiger partial charge in [0.05, 0.1) is 17.2 Å². The molecule has 0 spiro atoms. The van der Waals surface area contributed by atoms with Crippen LogP contribution in [0.3, 0.4) is 0 Å². The zero-order chi connectivity index (χ0) is 14.8. The van der Waals surface area contributed by atoms with Crippen LogP contribution in [0.1, 0.15) is 12.7 Å². The van der Waals surface area contributed by atoms with E-state index in [0.29, 0.717) is 23.3 Å². The second kappa shape index (κ2) is 5.65. The number of aromatic nitrogens is 2. The number of nitrogens with zero attached hydrogens (tertiary/aromatic N) is 2. The second-order valence-corrected chi connectivity index (χ2v) is 5.42. The molecule has 0 aliphatic carbocycles. The Bertz CT molecular complexity index is 653. The zero-order valence-corrected chi connectivity index (χ0v) is 12.1. The molecule has 1 saturated heterocycles. The van der Waals surface area contributed by atoms with Crippen LogP contribution in [0.15, 0.2) is 28.8 Å². The third-order valence-corrected chi connectivity index (χ3v) is 3.80. The van der Waals surface area contributed by atoms with E-state index in [9.17, 15) is 4.79 Å². The zero-order valence-electron chi connectivity index (χ0n) is 12.1. The molecular weight excluding hydrogens is 268 g/mol. The third-order valence-electron chi connectivity index (χ3n) is 3.80. The standard InChI is InChI=1S/C15H18N4O2/c1-9-7-16-8-12(9)14(20)18-13-6-4-3-5-11(13)15-17-10(2)19-21-15/h3-6,9,12,16H,7-8H2,1-2H3,(H,18,20). The Kier molecular flexibility index (Phi) is 3.70. The first-order valence-electron chi connectivity index (χ1n) is 7.06. The van der Waals surface area contributed by atoms with Gasteiger partial charge in [-0.1, -0.05) is 24.2 Å². The summed E-state index contributed by atoms with van der Waals surface area (Å²) in [5, 5.41) is 10.0. The summed E-state index contributed by atoms with van der Waals surface area (Å²) in [5.41, 5.74) is 1.44. The van der Waals surface area contributed by atoms with Crippen molar-refractivity contribution < 1.29 is 9.32 Å². The number of nitrogens with one attached hydrogen (secondary N) is 2. The van der Waals surface area contributed by atoms with E-state index in [0.717, 1.165) is 18.7 Å². The van der Waals surface area contributed by atoms with E-state index in [4.69, 9.17) is 4.52 Å². The Hall–Kier alpha value is -2.21. The molecule has 2 heterocycles. The molecule has 6 heteroatoms. The molecule has 3 rings (SSSR count). The quantitative estimate of drug-likeness (QED) is 0.900. The Morgan fingerprint density at radius 1 is 1.38 bits per heavy atom. The molecule has 1 aromatic carbocycles. The maximum absolute atomic E-state index is 12.4. The number of carbonyl (C=O) groups excluding carboxylic acids is 1. The maximum Gasteiger partial charge on any atom is 0.260 e. The van der Waals surface area contributed by atoms with E-state index in [1.807, 2.05) is 24.3 Å². The molecule has 0 radical (unpaired) electrons. The minimum absolute atomic E-state index is 0.0116. The van der Waals surface area contributed by atoms with Gasteiger partial charge < -0.3 is 15.2 Å². The molecule has 6 nitrogen and oxygen atoms in total. The molecule has 1 aromatic heterocycles. The molecule has 110 valence electrons. The number of aryl methyl sites for hydroxylation is 1. The molecule has 1 aliphatic heterocycles. The Balaban J connectivity index is 1.84. The predicted octanol–water partition coefficient (Wildman–Crippen LogP) is 1.84. The van der Waals surface area contributed by atoms with Gasteiger partial charge in [-0.2, -0.15) is 4.98 Å². The van der Waals surface area contributed by atoms with Crippen molar-refractivity contribution in [2.75, 3.05) is 18.4 Å². The highest BCUT2D eigenvalue weighted by Crippen LogP contribution is 2.27. The number of rotatable bonds is 3. The molecule has 21 heavy (non-hydrogen) atoms. The van der Waals surface area contributed by atoms with Crippen molar-refractivity contribution in [3.8, 4) is 11.5 Å². The normalized spacial score (nSPS) is 21.4. The highest BCUT2D eigenvalue weighted by Gasteiger charge is 2.30. The molecule has 1 fully saturated rings. The number of hydrogen-bond acceptors (Lipinski definition) is 5.